The minimum atomic E-state index is 0.763. The Morgan fingerprint density at radius 3 is 2.41 bits per heavy atom. The van der Waals surface area contributed by atoms with Gasteiger partial charge in [0.1, 0.15) is 0 Å². The number of hydrogen-bond donors (Lipinski definition) is 1. The van der Waals surface area contributed by atoms with Crippen molar-refractivity contribution in [3.05, 3.63) is 0 Å². The second-order valence-corrected chi connectivity index (χ2v) is 5.53. The van der Waals surface area contributed by atoms with Gasteiger partial charge in [0.2, 0.25) is 0 Å². The molecule has 0 aromatic rings. The zero-order chi connectivity index (χ0) is 12.5. The van der Waals surface area contributed by atoms with Gasteiger partial charge in [-0.1, -0.05) is 33.6 Å². The van der Waals surface area contributed by atoms with Crippen LogP contribution in [0.15, 0.2) is 0 Å². The minimum Gasteiger partial charge on any atom is -0.314 e. The highest BCUT2D eigenvalue weighted by atomic mass is 15.1. The largest absolute Gasteiger partial charge is 0.314 e. The normalized spacial score (nSPS) is 20.6. The lowest BCUT2D eigenvalue weighted by Gasteiger charge is -2.32. The van der Waals surface area contributed by atoms with Crippen molar-refractivity contribution < 1.29 is 0 Å². The summed E-state index contributed by atoms with van der Waals surface area (Å²) in [5.74, 6) is 0.925. The summed E-state index contributed by atoms with van der Waals surface area (Å²) in [6.45, 7) is 12.0. The first kappa shape index (κ1) is 15.0. The molecule has 1 atom stereocenters. The van der Waals surface area contributed by atoms with E-state index in [-0.39, 0.29) is 0 Å². The topological polar surface area (TPSA) is 15.3 Å². The van der Waals surface area contributed by atoms with Crippen molar-refractivity contribution in [1.82, 2.24) is 10.2 Å². The molecule has 0 aliphatic carbocycles. The van der Waals surface area contributed by atoms with Gasteiger partial charge in [-0.25, -0.2) is 0 Å². The van der Waals surface area contributed by atoms with Gasteiger partial charge in [0.05, 0.1) is 0 Å². The van der Waals surface area contributed by atoms with E-state index in [1.165, 1.54) is 64.7 Å². The molecule has 0 spiro atoms. The molecular weight excluding hydrogens is 208 g/mol. The molecule has 1 aliphatic rings. The molecule has 102 valence electrons. The van der Waals surface area contributed by atoms with Crippen LogP contribution in [0.2, 0.25) is 0 Å². The Morgan fingerprint density at radius 1 is 1.18 bits per heavy atom. The van der Waals surface area contributed by atoms with Crippen LogP contribution in [0.4, 0.5) is 0 Å². The third kappa shape index (κ3) is 5.87. The average molecular weight is 240 g/mol. The molecule has 1 aliphatic heterocycles. The molecule has 2 nitrogen and oxygen atoms in total. The number of hydrogen-bond acceptors (Lipinski definition) is 2. The second kappa shape index (κ2) is 8.93. The molecule has 1 fully saturated rings. The predicted molar refractivity (Wildman–Crippen MR) is 76.4 cm³/mol. The van der Waals surface area contributed by atoms with Gasteiger partial charge >= 0.3 is 0 Å². The summed E-state index contributed by atoms with van der Waals surface area (Å²) in [5.41, 5.74) is 0. The van der Waals surface area contributed by atoms with Gasteiger partial charge in [-0.3, -0.25) is 0 Å². The Labute approximate surface area is 108 Å². The Hall–Kier alpha value is -0.0800. The molecule has 1 saturated heterocycles. The summed E-state index contributed by atoms with van der Waals surface area (Å²) < 4.78 is 0. The molecular formula is C15H32N2. The average Bonchev–Trinajstić information content (AvgIpc) is 2.39. The van der Waals surface area contributed by atoms with E-state index >= 15 is 0 Å². The summed E-state index contributed by atoms with van der Waals surface area (Å²) >= 11 is 0. The van der Waals surface area contributed by atoms with Gasteiger partial charge in [-0.15, -0.1) is 0 Å². The van der Waals surface area contributed by atoms with Crippen LogP contribution in [0.1, 0.15) is 59.3 Å². The van der Waals surface area contributed by atoms with Crippen LogP contribution in [0.3, 0.4) is 0 Å². The lowest BCUT2D eigenvalue weighted by atomic mass is 9.96. The SMILES string of the molecule is CCCCC(CC)NCC1CCN(CC)CC1. The summed E-state index contributed by atoms with van der Waals surface area (Å²) in [6.07, 6.45) is 8.14. The van der Waals surface area contributed by atoms with Crippen molar-refractivity contribution in [3.8, 4) is 0 Å². The maximum Gasteiger partial charge on any atom is 0.00645 e. The summed E-state index contributed by atoms with van der Waals surface area (Å²) in [7, 11) is 0. The van der Waals surface area contributed by atoms with Crippen LogP contribution in [0.25, 0.3) is 0 Å². The standard InChI is InChI=1S/C15H32N2/c1-4-7-8-15(5-2)16-13-14-9-11-17(6-3)12-10-14/h14-16H,4-13H2,1-3H3. The Kier molecular flexibility index (Phi) is 7.87. The van der Waals surface area contributed by atoms with Crippen molar-refractivity contribution in [2.75, 3.05) is 26.2 Å². The number of piperidine rings is 1. The summed E-state index contributed by atoms with van der Waals surface area (Å²) in [4.78, 5) is 2.57. The van der Waals surface area contributed by atoms with Gasteiger partial charge in [0.15, 0.2) is 0 Å². The maximum atomic E-state index is 3.79. The van der Waals surface area contributed by atoms with Crippen molar-refractivity contribution in [3.63, 3.8) is 0 Å². The van der Waals surface area contributed by atoms with Crippen molar-refractivity contribution >= 4 is 0 Å². The highest BCUT2D eigenvalue weighted by Crippen LogP contribution is 2.16. The first-order valence-electron chi connectivity index (χ1n) is 7.75. The van der Waals surface area contributed by atoms with E-state index in [1.54, 1.807) is 0 Å². The molecule has 1 rings (SSSR count). The van der Waals surface area contributed by atoms with E-state index in [1.807, 2.05) is 0 Å². The molecule has 2 heteroatoms. The molecule has 0 aromatic carbocycles. The molecule has 0 saturated carbocycles. The van der Waals surface area contributed by atoms with Crippen LogP contribution in [0.5, 0.6) is 0 Å². The van der Waals surface area contributed by atoms with E-state index in [0.717, 1.165) is 12.0 Å². The Balaban J connectivity index is 2.12. The fraction of sp³-hybridized carbons (Fsp3) is 1.00. The van der Waals surface area contributed by atoms with Gasteiger partial charge in [0, 0.05) is 6.04 Å². The molecule has 0 amide bonds. The molecule has 0 radical (unpaired) electrons. The van der Waals surface area contributed by atoms with Gasteiger partial charge in [-0.05, 0) is 57.8 Å². The van der Waals surface area contributed by atoms with Crippen molar-refractivity contribution in [2.24, 2.45) is 5.92 Å². The first-order chi connectivity index (χ1) is 8.30. The number of nitrogens with one attached hydrogen (secondary N) is 1. The zero-order valence-corrected chi connectivity index (χ0v) is 12.2. The number of rotatable bonds is 8. The molecule has 1 unspecified atom stereocenters. The molecule has 0 aromatic heterocycles. The first-order valence-corrected chi connectivity index (χ1v) is 7.75. The molecule has 1 N–H and O–H groups in total. The van der Waals surface area contributed by atoms with E-state index in [9.17, 15) is 0 Å². The van der Waals surface area contributed by atoms with Crippen LogP contribution >= 0.6 is 0 Å². The summed E-state index contributed by atoms with van der Waals surface area (Å²) in [5, 5.41) is 3.79. The monoisotopic (exact) mass is 240 g/mol. The molecule has 1 heterocycles. The maximum absolute atomic E-state index is 3.79. The van der Waals surface area contributed by atoms with Gasteiger partial charge in [0.25, 0.3) is 0 Å². The fourth-order valence-electron chi connectivity index (χ4n) is 2.74. The predicted octanol–water partition coefficient (Wildman–Crippen LogP) is 3.28. The third-order valence-electron chi connectivity index (χ3n) is 4.25. The van der Waals surface area contributed by atoms with E-state index in [2.05, 4.69) is 31.0 Å². The minimum absolute atomic E-state index is 0.763. The Bertz CT molecular complexity index is 174. The van der Waals surface area contributed by atoms with E-state index in [0.29, 0.717) is 0 Å². The number of unbranched alkanes of at least 4 members (excludes halogenated alkanes) is 1. The van der Waals surface area contributed by atoms with Gasteiger partial charge in [-0.2, -0.15) is 0 Å². The number of nitrogens with zero attached hydrogens (tertiary/aromatic N) is 1. The van der Waals surface area contributed by atoms with Gasteiger partial charge < -0.3 is 10.2 Å². The lowest BCUT2D eigenvalue weighted by molar-refractivity contribution is 0.186. The highest BCUT2D eigenvalue weighted by Gasteiger charge is 2.18. The second-order valence-electron chi connectivity index (χ2n) is 5.53. The van der Waals surface area contributed by atoms with Crippen molar-refractivity contribution in [2.45, 2.75) is 65.3 Å². The lowest BCUT2D eigenvalue weighted by Crippen LogP contribution is -2.39. The molecule has 17 heavy (non-hydrogen) atoms. The Morgan fingerprint density at radius 2 is 1.88 bits per heavy atom. The van der Waals surface area contributed by atoms with E-state index < -0.39 is 0 Å². The van der Waals surface area contributed by atoms with Crippen LogP contribution in [-0.2, 0) is 0 Å². The van der Waals surface area contributed by atoms with Crippen molar-refractivity contribution in [1.29, 1.82) is 0 Å². The highest BCUT2D eigenvalue weighted by molar-refractivity contribution is 4.75. The fourth-order valence-corrected chi connectivity index (χ4v) is 2.74. The number of likely N-dealkylation sites (tertiary alicyclic amines) is 1. The zero-order valence-electron chi connectivity index (χ0n) is 12.2. The smallest absolute Gasteiger partial charge is 0.00645 e. The van der Waals surface area contributed by atoms with Crippen LogP contribution in [-0.4, -0.2) is 37.1 Å². The quantitative estimate of drug-likeness (QED) is 0.700. The van der Waals surface area contributed by atoms with E-state index in [4.69, 9.17) is 0 Å². The van der Waals surface area contributed by atoms with Crippen LogP contribution in [0, 0.1) is 5.92 Å². The molecule has 0 bridgehead atoms. The van der Waals surface area contributed by atoms with Crippen LogP contribution < -0.4 is 5.32 Å². The summed E-state index contributed by atoms with van der Waals surface area (Å²) in [6, 6.07) is 0.763. The third-order valence-corrected chi connectivity index (χ3v) is 4.25.